The summed E-state index contributed by atoms with van der Waals surface area (Å²) in [6.07, 6.45) is 4.65. The Bertz CT molecular complexity index is 386. The SMILES string of the molecule is CNCCCCS(=O)(=O)NC1CC(C)(C)CC(C)(C)C1. The van der Waals surface area contributed by atoms with Gasteiger partial charge in [0.25, 0.3) is 0 Å². The molecule has 2 N–H and O–H groups in total. The van der Waals surface area contributed by atoms with E-state index >= 15 is 0 Å². The van der Waals surface area contributed by atoms with Gasteiger partial charge in [-0.25, -0.2) is 13.1 Å². The maximum atomic E-state index is 12.2. The van der Waals surface area contributed by atoms with Crippen molar-refractivity contribution < 1.29 is 8.42 Å². The van der Waals surface area contributed by atoms with Gasteiger partial charge >= 0.3 is 0 Å². The zero-order valence-corrected chi connectivity index (χ0v) is 14.6. The lowest BCUT2D eigenvalue weighted by Crippen LogP contribution is -2.46. The third-order valence-electron chi connectivity index (χ3n) is 3.99. The molecule has 5 heteroatoms. The Morgan fingerprint density at radius 1 is 1.05 bits per heavy atom. The van der Waals surface area contributed by atoms with Gasteiger partial charge in [0.05, 0.1) is 5.75 Å². The van der Waals surface area contributed by atoms with Gasteiger partial charge in [-0.3, -0.25) is 0 Å². The average Bonchev–Trinajstić information content (AvgIpc) is 2.18. The van der Waals surface area contributed by atoms with Crippen LogP contribution in [0.25, 0.3) is 0 Å². The van der Waals surface area contributed by atoms with Crippen LogP contribution in [0.15, 0.2) is 0 Å². The van der Waals surface area contributed by atoms with Crippen molar-refractivity contribution in [1.82, 2.24) is 10.0 Å². The van der Waals surface area contributed by atoms with Gasteiger partial charge in [0.2, 0.25) is 10.0 Å². The second-order valence-corrected chi connectivity index (χ2v) is 9.73. The Labute approximate surface area is 125 Å². The van der Waals surface area contributed by atoms with Crippen LogP contribution in [0, 0.1) is 10.8 Å². The second-order valence-electron chi connectivity index (χ2n) is 7.86. The van der Waals surface area contributed by atoms with Crippen molar-refractivity contribution in [2.75, 3.05) is 19.3 Å². The fourth-order valence-corrected chi connectivity index (χ4v) is 5.21. The summed E-state index contributed by atoms with van der Waals surface area (Å²) in [7, 11) is -1.25. The molecular weight excluding hydrogens is 272 g/mol. The van der Waals surface area contributed by atoms with Gasteiger partial charge < -0.3 is 5.32 Å². The summed E-state index contributed by atoms with van der Waals surface area (Å²) in [5.41, 5.74) is 0.419. The van der Waals surface area contributed by atoms with Crippen LogP contribution in [0.1, 0.15) is 59.8 Å². The highest BCUT2D eigenvalue weighted by Crippen LogP contribution is 2.45. The molecule has 1 rings (SSSR count). The van der Waals surface area contributed by atoms with E-state index in [4.69, 9.17) is 0 Å². The highest BCUT2D eigenvalue weighted by atomic mass is 32.2. The molecule has 1 aliphatic rings. The molecule has 0 heterocycles. The third-order valence-corrected chi connectivity index (χ3v) is 5.51. The molecule has 0 aromatic rings. The molecule has 0 aliphatic heterocycles. The Kier molecular flexibility index (Phi) is 6.05. The first-order chi connectivity index (χ1) is 9.05. The number of hydrogen-bond acceptors (Lipinski definition) is 3. The Morgan fingerprint density at radius 3 is 2.10 bits per heavy atom. The van der Waals surface area contributed by atoms with Crippen LogP contribution >= 0.6 is 0 Å². The fourth-order valence-electron chi connectivity index (χ4n) is 3.84. The molecule has 1 saturated carbocycles. The monoisotopic (exact) mass is 304 g/mol. The van der Waals surface area contributed by atoms with Crippen molar-refractivity contribution in [2.45, 2.75) is 65.8 Å². The van der Waals surface area contributed by atoms with Crippen LogP contribution in [0.2, 0.25) is 0 Å². The predicted octanol–water partition coefficient (Wildman–Crippen LogP) is 2.51. The lowest BCUT2D eigenvalue weighted by Gasteiger charge is -2.45. The zero-order valence-electron chi connectivity index (χ0n) is 13.8. The first-order valence-electron chi connectivity index (χ1n) is 7.70. The maximum absolute atomic E-state index is 12.2. The summed E-state index contributed by atoms with van der Waals surface area (Å²) in [5, 5.41) is 3.04. The van der Waals surface area contributed by atoms with Gasteiger partial charge in [-0.2, -0.15) is 0 Å². The van der Waals surface area contributed by atoms with Gasteiger partial charge in [-0.1, -0.05) is 27.7 Å². The van der Waals surface area contributed by atoms with Crippen molar-refractivity contribution in [3.63, 3.8) is 0 Å². The van der Waals surface area contributed by atoms with Gasteiger partial charge in [0, 0.05) is 6.04 Å². The van der Waals surface area contributed by atoms with Crippen molar-refractivity contribution in [1.29, 1.82) is 0 Å². The minimum atomic E-state index is -3.14. The largest absolute Gasteiger partial charge is 0.320 e. The normalized spacial score (nSPS) is 22.9. The molecule has 20 heavy (non-hydrogen) atoms. The van der Waals surface area contributed by atoms with E-state index < -0.39 is 10.0 Å². The molecular formula is C15H32N2O2S. The molecule has 0 atom stereocenters. The molecule has 1 aliphatic carbocycles. The maximum Gasteiger partial charge on any atom is 0.211 e. The molecule has 0 bridgehead atoms. The lowest BCUT2D eigenvalue weighted by molar-refractivity contribution is 0.0934. The molecule has 0 saturated heterocycles. The van der Waals surface area contributed by atoms with Crippen LogP contribution in [0.5, 0.6) is 0 Å². The van der Waals surface area contributed by atoms with E-state index in [1.807, 2.05) is 7.05 Å². The number of unbranched alkanes of at least 4 members (excludes halogenated alkanes) is 1. The van der Waals surface area contributed by atoms with Crippen molar-refractivity contribution in [3.05, 3.63) is 0 Å². The lowest BCUT2D eigenvalue weighted by atomic mass is 9.64. The van der Waals surface area contributed by atoms with Crippen LogP contribution in [0.4, 0.5) is 0 Å². The zero-order chi connectivity index (χ0) is 15.4. The summed E-state index contributed by atoms with van der Waals surface area (Å²) in [6, 6.07) is 0.0862. The quantitative estimate of drug-likeness (QED) is 0.711. The van der Waals surface area contributed by atoms with Gasteiger partial charge in [-0.05, 0) is 56.5 Å². The van der Waals surface area contributed by atoms with E-state index in [9.17, 15) is 8.42 Å². The Morgan fingerprint density at radius 2 is 1.60 bits per heavy atom. The summed E-state index contributed by atoms with van der Waals surface area (Å²) >= 11 is 0. The first kappa shape index (κ1) is 17.9. The minimum absolute atomic E-state index is 0.0862. The second kappa shape index (κ2) is 6.75. The van der Waals surface area contributed by atoms with Gasteiger partial charge in [0.1, 0.15) is 0 Å². The number of sulfonamides is 1. The van der Waals surface area contributed by atoms with Crippen LogP contribution in [-0.2, 0) is 10.0 Å². The van der Waals surface area contributed by atoms with Crippen molar-refractivity contribution >= 4 is 10.0 Å². The molecule has 4 nitrogen and oxygen atoms in total. The minimum Gasteiger partial charge on any atom is -0.320 e. The Balaban J connectivity index is 2.53. The summed E-state index contributed by atoms with van der Waals surface area (Å²) in [6.45, 7) is 9.83. The van der Waals surface area contributed by atoms with Gasteiger partial charge in [0.15, 0.2) is 0 Å². The number of rotatable bonds is 7. The smallest absolute Gasteiger partial charge is 0.211 e. The molecule has 0 amide bonds. The van der Waals surface area contributed by atoms with Gasteiger partial charge in [-0.15, -0.1) is 0 Å². The van der Waals surface area contributed by atoms with E-state index in [-0.39, 0.29) is 22.6 Å². The summed E-state index contributed by atoms with van der Waals surface area (Å²) in [5.74, 6) is 0.242. The van der Waals surface area contributed by atoms with Crippen LogP contribution < -0.4 is 10.0 Å². The van der Waals surface area contributed by atoms with Crippen molar-refractivity contribution in [3.8, 4) is 0 Å². The van der Waals surface area contributed by atoms with E-state index in [1.165, 1.54) is 0 Å². The van der Waals surface area contributed by atoms with Crippen LogP contribution in [0.3, 0.4) is 0 Å². The van der Waals surface area contributed by atoms with E-state index in [0.717, 1.165) is 38.6 Å². The molecule has 0 aromatic heterocycles. The Hall–Kier alpha value is -0.130. The molecule has 1 fully saturated rings. The predicted molar refractivity (Wildman–Crippen MR) is 85.3 cm³/mol. The average molecular weight is 305 g/mol. The van der Waals surface area contributed by atoms with E-state index in [2.05, 4.69) is 37.7 Å². The number of hydrogen-bond donors (Lipinski definition) is 2. The topological polar surface area (TPSA) is 58.2 Å². The van der Waals surface area contributed by atoms with E-state index in [0.29, 0.717) is 0 Å². The highest BCUT2D eigenvalue weighted by Gasteiger charge is 2.39. The standard InChI is InChI=1S/C15H32N2O2S/c1-14(2)10-13(11-15(3,4)12-14)17-20(18,19)9-7-6-8-16-5/h13,16-17H,6-12H2,1-5H3. The van der Waals surface area contributed by atoms with Crippen molar-refractivity contribution in [2.24, 2.45) is 10.8 Å². The summed E-state index contributed by atoms with van der Waals surface area (Å²) < 4.78 is 27.2. The number of nitrogens with one attached hydrogen (secondary N) is 2. The molecule has 120 valence electrons. The van der Waals surface area contributed by atoms with Crippen LogP contribution in [-0.4, -0.2) is 33.8 Å². The molecule has 0 spiro atoms. The van der Waals surface area contributed by atoms with E-state index in [1.54, 1.807) is 0 Å². The highest BCUT2D eigenvalue weighted by molar-refractivity contribution is 7.89. The first-order valence-corrected chi connectivity index (χ1v) is 9.35. The molecule has 0 aromatic carbocycles. The third kappa shape index (κ3) is 6.55. The fraction of sp³-hybridized carbons (Fsp3) is 1.00. The summed E-state index contributed by atoms with van der Waals surface area (Å²) in [4.78, 5) is 0. The molecule has 0 radical (unpaired) electrons. The molecule has 0 unspecified atom stereocenters.